The maximum Gasteiger partial charge on any atom is 0.310 e. The second kappa shape index (κ2) is 13.1. The molecule has 4 aromatic rings. The zero-order valence-corrected chi connectivity index (χ0v) is 26.1. The van der Waals surface area contributed by atoms with Gasteiger partial charge in [-0.05, 0) is 86.8 Å². The monoisotopic (exact) mass is 622 g/mol. The van der Waals surface area contributed by atoms with Crippen LogP contribution in [0.1, 0.15) is 31.9 Å². The van der Waals surface area contributed by atoms with Gasteiger partial charge < -0.3 is 9.47 Å². The number of hydrogen-bond donors (Lipinski definition) is 0. The maximum atomic E-state index is 13.5. The first-order valence-corrected chi connectivity index (χ1v) is 16.5. The standard InChI is InChI=1S/C33H34O8S2/c1-24-9-17-30(18-10-24)43(37,38)40-22-21-39-28-15-11-25(12-16-28)26-13-19-29(20-14-26)42(35,36)31-8-6-5-7-27(31)23-32(34)41-33(2,3)4/h5-20H,21-23H2,1-4H3. The van der Waals surface area contributed by atoms with Gasteiger partial charge in [-0.25, -0.2) is 8.42 Å². The Labute approximate surface area is 253 Å². The van der Waals surface area contributed by atoms with Gasteiger partial charge in [0.25, 0.3) is 10.1 Å². The van der Waals surface area contributed by atoms with Gasteiger partial charge in [-0.3, -0.25) is 8.98 Å². The van der Waals surface area contributed by atoms with Crippen LogP contribution in [0.5, 0.6) is 5.75 Å². The van der Waals surface area contributed by atoms with Crippen LogP contribution in [0, 0.1) is 6.92 Å². The van der Waals surface area contributed by atoms with Crippen molar-refractivity contribution in [2.24, 2.45) is 0 Å². The largest absolute Gasteiger partial charge is 0.491 e. The molecule has 4 rings (SSSR count). The van der Waals surface area contributed by atoms with E-state index in [9.17, 15) is 21.6 Å². The van der Waals surface area contributed by atoms with Crippen LogP contribution in [0.15, 0.2) is 112 Å². The smallest absolute Gasteiger partial charge is 0.310 e. The van der Waals surface area contributed by atoms with Gasteiger partial charge in [0.05, 0.1) is 21.1 Å². The van der Waals surface area contributed by atoms with Gasteiger partial charge in [0.2, 0.25) is 9.84 Å². The number of aryl methyl sites for hydroxylation is 1. The van der Waals surface area contributed by atoms with E-state index in [1.807, 2.05) is 19.1 Å². The molecule has 4 aromatic carbocycles. The number of esters is 1. The van der Waals surface area contributed by atoms with Crippen molar-refractivity contribution in [1.29, 1.82) is 0 Å². The molecule has 0 radical (unpaired) electrons. The first-order chi connectivity index (χ1) is 20.2. The molecule has 0 aromatic heterocycles. The van der Waals surface area contributed by atoms with Crippen molar-refractivity contribution in [3.8, 4) is 16.9 Å². The molecule has 0 fully saturated rings. The van der Waals surface area contributed by atoms with E-state index in [2.05, 4.69) is 0 Å². The molecule has 10 heteroatoms. The lowest BCUT2D eigenvalue weighted by atomic mass is 10.1. The Morgan fingerprint density at radius 3 is 1.86 bits per heavy atom. The summed E-state index contributed by atoms with van der Waals surface area (Å²) in [5.41, 5.74) is 2.27. The van der Waals surface area contributed by atoms with E-state index in [0.717, 1.165) is 16.7 Å². The molecular weight excluding hydrogens is 588 g/mol. The van der Waals surface area contributed by atoms with E-state index >= 15 is 0 Å². The molecule has 0 heterocycles. The van der Waals surface area contributed by atoms with E-state index in [-0.39, 0.29) is 34.3 Å². The molecule has 0 aliphatic heterocycles. The predicted molar refractivity (Wildman–Crippen MR) is 163 cm³/mol. The lowest BCUT2D eigenvalue weighted by Crippen LogP contribution is -2.25. The van der Waals surface area contributed by atoms with Crippen LogP contribution in [0.4, 0.5) is 0 Å². The van der Waals surface area contributed by atoms with Gasteiger partial charge in [-0.1, -0.05) is 60.2 Å². The van der Waals surface area contributed by atoms with E-state index in [1.54, 1.807) is 75.4 Å². The van der Waals surface area contributed by atoms with E-state index in [1.165, 1.54) is 30.3 Å². The molecule has 0 aliphatic carbocycles. The summed E-state index contributed by atoms with van der Waals surface area (Å²) in [5, 5.41) is 0. The Hall–Kier alpha value is -3.99. The highest BCUT2D eigenvalue weighted by Crippen LogP contribution is 2.28. The number of ether oxygens (including phenoxy) is 2. The lowest BCUT2D eigenvalue weighted by Gasteiger charge is -2.20. The number of sulfone groups is 1. The Bertz CT molecular complexity index is 1770. The minimum Gasteiger partial charge on any atom is -0.491 e. The quantitative estimate of drug-likeness (QED) is 0.111. The number of benzene rings is 4. The molecule has 0 unspecified atom stereocenters. The summed E-state index contributed by atoms with van der Waals surface area (Å²) in [6, 6.07) is 26.4. The summed E-state index contributed by atoms with van der Waals surface area (Å²) in [6.07, 6.45) is -0.159. The van der Waals surface area contributed by atoms with Gasteiger partial charge in [-0.15, -0.1) is 0 Å². The molecule has 0 N–H and O–H groups in total. The topological polar surface area (TPSA) is 113 Å². The minimum atomic E-state index is -3.89. The Morgan fingerprint density at radius 1 is 0.698 bits per heavy atom. The van der Waals surface area contributed by atoms with Crippen LogP contribution in [0.2, 0.25) is 0 Å². The van der Waals surface area contributed by atoms with Crippen molar-refractivity contribution in [3.05, 3.63) is 108 Å². The summed E-state index contributed by atoms with van der Waals surface area (Å²) in [7, 11) is -7.75. The van der Waals surface area contributed by atoms with Crippen LogP contribution in [0.3, 0.4) is 0 Å². The van der Waals surface area contributed by atoms with Gasteiger partial charge in [-0.2, -0.15) is 8.42 Å². The Balaban J connectivity index is 1.38. The van der Waals surface area contributed by atoms with Gasteiger partial charge >= 0.3 is 5.97 Å². The van der Waals surface area contributed by atoms with Gasteiger partial charge in [0.15, 0.2) is 0 Å². The van der Waals surface area contributed by atoms with E-state index < -0.39 is 31.5 Å². The van der Waals surface area contributed by atoms with Crippen LogP contribution in [-0.4, -0.2) is 41.6 Å². The molecular formula is C33H34O8S2. The molecule has 43 heavy (non-hydrogen) atoms. The molecule has 0 amide bonds. The molecule has 0 saturated heterocycles. The fourth-order valence-corrected chi connectivity index (χ4v) is 6.60. The predicted octanol–water partition coefficient (Wildman–Crippen LogP) is 6.16. The van der Waals surface area contributed by atoms with Crippen molar-refractivity contribution < 1.29 is 35.3 Å². The number of carbonyl (C=O) groups excluding carboxylic acids is 1. The fourth-order valence-electron chi connectivity index (χ4n) is 4.22. The first-order valence-electron chi connectivity index (χ1n) is 13.6. The zero-order chi connectivity index (χ0) is 31.3. The fraction of sp³-hybridized carbons (Fsp3) is 0.242. The third-order valence-electron chi connectivity index (χ3n) is 6.27. The molecule has 0 spiro atoms. The maximum absolute atomic E-state index is 13.5. The average molecular weight is 623 g/mol. The third kappa shape index (κ3) is 8.53. The number of hydrogen-bond acceptors (Lipinski definition) is 8. The molecule has 8 nitrogen and oxygen atoms in total. The van der Waals surface area contributed by atoms with Crippen LogP contribution >= 0.6 is 0 Å². The highest BCUT2D eigenvalue weighted by Gasteiger charge is 2.24. The molecule has 0 saturated carbocycles. The summed E-state index contributed by atoms with van der Waals surface area (Å²) in [4.78, 5) is 12.6. The van der Waals surface area contributed by atoms with E-state index in [0.29, 0.717) is 11.3 Å². The molecule has 0 aliphatic rings. The normalized spacial score (nSPS) is 12.1. The van der Waals surface area contributed by atoms with Crippen LogP contribution < -0.4 is 4.74 Å². The summed E-state index contributed by atoms with van der Waals surface area (Å²) in [5.74, 6) is 0.0265. The highest BCUT2D eigenvalue weighted by atomic mass is 32.2. The first kappa shape index (κ1) is 31.9. The van der Waals surface area contributed by atoms with Gasteiger partial charge in [0.1, 0.15) is 24.6 Å². The Morgan fingerprint density at radius 2 is 1.26 bits per heavy atom. The molecule has 226 valence electrons. The minimum absolute atomic E-state index is 0.0341. The Kier molecular flexibility index (Phi) is 9.74. The summed E-state index contributed by atoms with van der Waals surface area (Å²) in [6.45, 7) is 7.03. The second-order valence-electron chi connectivity index (χ2n) is 10.9. The van der Waals surface area contributed by atoms with E-state index in [4.69, 9.17) is 13.7 Å². The highest BCUT2D eigenvalue weighted by molar-refractivity contribution is 7.91. The van der Waals surface area contributed by atoms with Crippen molar-refractivity contribution >= 4 is 25.9 Å². The number of rotatable bonds is 11. The van der Waals surface area contributed by atoms with Crippen molar-refractivity contribution in [2.45, 2.75) is 54.4 Å². The summed E-state index contributed by atoms with van der Waals surface area (Å²) >= 11 is 0. The average Bonchev–Trinajstić information content (AvgIpc) is 2.95. The summed E-state index contributed by atoms with van der Waals surface area (Å²) < 4.78 is 67.6. The van der Waals surface area contributed by atoms with Crippen LogP contribution in [0.25, 0.3) is 11.1 Å². The third-order valence-corrected chi connectivity index (χ3v) is 9.47. The van der Waals surface area contributed by atoms with Crippen LogP contribution in [-0.2, 0) is 40.1 Å². The SMILES string of the molecule is Cc1ccc(S(=O)(=O)OCCOc2ccc(-c3ccc(S(=O)(=O)c4ccccc4CC(=O)OC(C)(C)C)cc3)cc2)cc1. The lowest BCUT2D eigenvalue weighted by molar-refractivity contribution is -0.153. The zero-order valence-electron chi connectivity index (χ0n) is 24.4. The molecule has 0 bridgehead atoms. The second-order valence-corrected chi connectivity index (χ2v) is 14.4. The van der Waals surface area contributed by atoms with Gasteiger partial charge in [0, 0.05) is 0 Å². The van der Waals surface area contributed by atoms with Crippen molar-refractivity contribution in [2.75, 3.05) is 13.2 Å². The van der Waals surface area contributed by atoms with Crippen molar-refractivity contribution in [1.82, 2.24) is 0 Å². The van der Waals surface area contributed by atoms with Crippen molar-refractivity contribution in [3.63, 3.8) is 0 Å². The number of carbonyl (C=O) groups is 1. The molecule has 0 atom stereocenters.